The van der Waals surface area contributed by atoms with Crippen molar-refractivity contribution in [3.8, 4) is 0 Å². The van der Waals surface area contributed by atoms with Crippen molar-refractivity contribution in [2.75, 3.05) is 0 Å². The van der Waals surface area contributed by atoms with Crippen molar-refractivity contribution in [1.82, 2.24) is 0 Å². The van der Waals surface area contributed by atoms with E-state index in [-0.39, 0.29) is 0 Å². The van der Waals surface area contributed by atoms with Crippen LogP contribution in [0.5, 0.6) is 0 Å². The second-order valence-corrected chi connectivity index (χ2v) is 4.72. The standard InChI is InChI=1S/C14H12.C4H6O6/c1-3-7-13(8-4-1)11-12-14-9-5-2-6-10-14;5-1(3(7)8)2(6)4(9)10/h1-12H;1-2,5-6H,(H,7,8)(H,9,10). The first-order valence-electron chi connectivity index (χ1n) is 7.01. The summed E-state index contributed by atoms with van der Waals surface area (Å²) >= 11 is 0. The predicted octanol–water partition coefficient (Wildman–Crippen LogP) is 1.73. The van der Waals surface area contributed by atoms with Crippen molar-refractivity contribution < 1.29 is 30.0 Å². The monoisotopic (exact) mass is 330 g/mol. The van der Waals surface area contributed by atoms with Gasteiger partial charge in [-0.3, -0.25) is 0 Å². The van der Waals surface area contributed by atoms with Gasteiger partial charge in [-0.25, -0.2) is 9.59 Å². The fourth-order valence-corrected chi connectivity index (χ4v) is 1.59. The van der Waals surface area contributed by atoms with Crippen molar-refractivity contribution in [3.05, 3.63) is 71.8 Å². The molecule has 2 aromatic rings. The summed E-state index contributed by atoms with van der Waals surface area (Å²) in [5, 5.41) is 32.5. The predicted molar refractivity (Wildman–Crippen MR) is 89.1 cm³/mol. The lowest BCUT2D eigenvalue weighted by molar-refractivity contribution is -0.165. The normalized spacial score (nSPS) is 12.8. The minimum absolute atomic E-state index is 1.23. The van der Waals surface area contributed by atoms with Gasteiger partial charge in [0.1, 0.15) is 0 Å². The summed E-state index contributed by atoms with van der Waals surface area (Å²) < 4.78 is 0. The molecular weight excluding hydrogens is 312 g/mol. The molecule has 0 heterocycles. The van der Waals surface area contributed by atoms with E-state index in [9.17, 15) is 9.59 Å². The molecule has 0 aliphatic rings. The Balaban J connectivity index is 0.000000257. The Morgan fingerprint density at radius 2 is 0.958 bits per heavy atom. The molecule has 2 atom stereocenters. The summed E-state index contributed by atoms with van der Waals surface area (Å²) in [5.41, 5.74) is 2.47. The van der Waals surface area contributed by atoms with Gasteiger partial charge < -0.3 is 20.4 Å². The first kappa shape index (κ1) is 19.1. The number of aliphatic carboxylic acids is 2. The van der Waals surface area contributed by atoms with E-state index < -0.39 is 24.1 Å². The lowest BCUT2D eigenvalue weighted by Crippen LogP contribution is -2.39. The minimum atomic E-state index is -2.27. The van der Waals surface area contributed by atoms with Crippen LogP contribution >= 0.6 is 0 Å². The van der Waals surface area contributed by atoms with Crippen LogP contribution in [-0.4, -0.2) is 44.6 Å². The number of hydrogen-bond donors (Lipinski definition) is 4. The molecule has 0 radical (unpaired) electrons. The third kappa shape index (κ3) is 6.87. The molecule has 6 nitrogen and oxygen atoms in total. The highest BCUT2D eigenvalue weighted by Gasteiger charge is 2.29. The van der Waals surface area contributed by atoms with Crippen molar-refractivity contribution in [2.24, 2.45) is 0 Å². The van der Waals surface area contributed by atoms with E-state index in [0.29, 0.717) is 0 Å². The van der Waals surface area contributed by atoms with Gasteiger partial charge in [0.15, 0.2) is 12.2 Å². The molecule has 2 aromatic carbocycles. The molecule has 0 saturated heterocycles. The second-order valence-electron chi connectivity index (χ2n) is 4.72. The summed E-state index contributed by atoms with van der Waals surface area (Å²) in [6.07, 6.45) is -0.292. The van der Waals surface area contributed by atoms with Crippen molar-refractivity contribution in [1.29, 1.82) is 0 Å². The highest BCUT2D eigenvalue weighted by molar-refractivity contribution is 5.83. The molecule has 0 aliphatic carbocycles. The maximum atomic E-state index is 9.77. The van der Waals surface area contributed by atoms with Crippen LogP contribution in [0.15, 0.2) is 60.7 Å². The highest BCUT2D eigenvalue weighted by atomic mass is 16.4. The van der Waals surface area contributed by atoms with Crippen LogP contribution in [0.2, 0.25) is 0 Å². The number of carboxylic acid groups (broad SMARTS) is 2. The molecule has 6 heteroatoms. The van der Waals surface area contributed by atoms with E-state index >= 15 is 0 Å². The zero-order valence-corrected chi connectivity index (χ0v) is 12.7. The lowest BCUT2D eigenvalue weighted by atomic mass is 10.1. The van der Waals surface area contributed by atoms with E-state index in [0.717, 1.165) is 0 Å². The highest BCUT2D eigenvalue weighted by Crippen LogP contribution is 2.06. The van der Waals surface area contributed by atoms with Gasteiger partial charge in [-0.05, 0) is 11.1 Å². The molecule has 4 N–H and O–H groups in total. The zero-order chi connectivity index (χ0) is 17.9. The van der Waals surface area contributed by atoms with Gasteiger partial charge in [-0.1, -0.05) is 72.8 Å². The third-order valence-corrected chi connectivity index (χ3v) is 2.87. The summed E-state index contributed by atoms with van der Waals surface area (Å²) in [6.45, 7) is 0. The van der Waals surface area contributed by atoms with Gasteiger partial charge in [0.25, 0.3) is 0 Å². The van der Waals surface area contributed by atoms with Crippen molar-refractivity contribution in [3.63, 3.8) is 0 Å². The molecule has 24 heavy (non-hydrogen) atoms. The number of hydrogen-bond acceptors (Lipinski definition) is 4. The molecular formula is C18H18O6. The molecule has 0 amide bonds. The van der Waals surface area contributed by atoms with E-state index in [4.69, 9.17) is 20.4 Å². The van der Waals surface area contributed by atoms with E-state index in [1.807, 2.05) is 36.4 Å². The fourth-order valence-electron chi connectivity index (χ4n) is 1.59. The number of aliphatic hydroxyl groups excluding tert-OH is 2. The number of rotatable bonds is 5. The first-order valence-corrected chi connectivity index (χ1v) is 7.01. The van der Waals surface area contributed by atoms with Gasteiger partial charge in [0.05, 0.1) is 0 Å². The third-order valence-electron chi connectivity index (χ3n) is 2.87. The van der Waals surface area contributed by atoms with E-state index in [1.54, 1.807) is 0 Å². The first-order chi connectivity index (χ1) is 11.4. The van der Waals surface area contributed by atoms with Crippen LogP contribution in [0, 0.1) is 0 Å². The van der Waals surface area contributed by atoms with E-state index in [1.165, 1.54) is 11.1 Å². The number of benzene rings is 2. The zero-order valence-electron chi connectivity index (χ0n) is 12.7. The van der Waals surface area contributed by atoms with Crippen molar-refractivity contribution >= 4 is 24.1 Å². The maximum Gasteiger partial charge on any atom is 0.335 e. The van der Waals surface area contributed by atoms with E-state index in [2.05, 4.69) is 36.4 Å². The molecule has 126 valence electrons. The lowest BCUT2D eigenvalue weighted by Gasteiger charge is -2.07. The second kappa shape index (κ2) is 9.94. The Morgan fingerprint density at radius 1 is 0.667 bits per heavy atom. The van der Waals surface area contributed by atoms with Gasteiger partial charge in [0, 0.05) is 0 Å². The molecule has 0 spiro atoms. The topological polar surface area (TPSA) is 115 Å². The summed E-state index contributed by atoms with van der Waals surface area (Å²) in [6, 6.07) is 20.6. The Labute approximate surface area is 138 Å². The number of carbonyl (C=O) groups is 2. The van der Waals surface area contributed by atoms with Crippen molar-refractivity contribution in [2.45, 2.75) is 12.2 Å². The molecule has 2 rings (SSSR count). The summed E-state index contributed by atoms with van der Waals surface area (Å²) in [4.78, 5) is 19.5. The molecule has 0 aliphatic heterocycles. The average molecular weight is 330 g/mol. The smallest absolute Gasteiger partial charge is 0.335 e. The van der Waals surface area contributed by atoms with Crippen LogP contribution in [0.3, 0.4) is 0 Å². The molecule has 2 unspecified atom stereocenters. The van der Waals surface area contributed by atoms with Crippen LogP contribution in [-0.2, 0) is 9.59 Å². The Bertz CT molecular complexity index is 607. The summed E-state index contributed by atoms with van der Waals surface area (Å²) in [5.74, 6) is -3.54. The molecule has 0 aromatic heterocycles. The molecule has 0 saturated carbocycles. The van der Waals surface area contributed by atoms with Gasteiger partial charge >= 0.3 is 11.9 Å². The number of carboxylic acids is 2. The number of aliphatic hydroxyl groups is 2. The average Bonchev–Trinajstić information content (AvgIpc) is 2.61. The SMILES string of the molecule is C(=Cc1ccccc1)c1ccccc1.O=C(O)C(O)C(O)C(=O)O. The fraction of sp³-hybridized carbons (Fsp3) is 0.111. The van der Waals surface area contributed by atoms with Crippen LogP contribution in [0.4, 0.5) is 0 Å². The quantitative estimate of drug-likeness (QED) is 0.621. The van der Waals surface area contributed by atoms with Gasteiger partial charge in [-0.2, -0.15) is 0 Å². The maximum absolute atomic E-state index is 9.77. The Morgan fingerprint density at radius 3 is 1.21 bits per heavy atom. The largest absolute Gasteiger partial charge is 0.479 e. The van der Waals surface area contributed by atoms with Gasteiger partial charge in [-0.15, -0.1) is 0 Å². The minimum Gasteiger partial charge on any atom is -0.479 e. The molecule has 0 bridgehead atoms. The van der Waals surface area contributed by atoms with Crippen LogP contribution in [0.1, 0.15) is 11.1 Å². The summed E-state index contributed by atoms with van der Waals surface area (Å²) in [7, 11) is 0. The van der Waals surface area contributed by atoms with Crippen LogP contribution in [0.25, 0.3) is 12.2 Å². The Hall–Kier alpha value is -2.96. The molecule has 0 fully saturated rings. The Kier molecular flexibility index (Phi) is 7.90. The van der Waals surface area contributed by atoms with Crippen LogP contribution < -0.4 is 0 Å². The van der Waals surface area contributed by atoms with Gasteiger partial charge in [0.2, 0.25) is 0 Å².